The molecule has 5 nitrogen and oxygen atoms in total. The Hall–Kier alpha value is -1.10. The lowest BCUT2D eigenvalue weighted by molar-refractivity contribution is -0.325. The Morgan fingerprint density at radius 2 is 2.40 bits per heavy atom. The van der Waals surface area contributed by atoms with Crippen molar-refractivity contribution in [1.29, 1.82) is 0 Å². The molecule has 1 aliphatic rings. The Bertz CT molecular complexity index is 190. The van der Waals surface area contributed by atoms with Gasteiger partial charge in [-0.2, -0.15) is 0 Å². The van der Waals surface area contributed by atoms with Crippen molar-refractivity contribution in [2.24, 2.45) is 0 Å². The van der Waals surface area contributed by atoms with Gasteiger partial charge in [0.2, 0.25) is 5.91 Å². The van der Waals surface area contributed by atoms with Gasteiger partial charge in [0.1, 0.15) is 0 Å². The van der Waals surface area contributed by atoms with Crippen molar-refractivity contribution < 1.29 is 19.8 Å². The number of rotatable bonds is 1. The summed E-state index contributed by atoms with van der Waals surface area (Å²) in [6.45, 7) is 0. The van der Waals surface area contributed by atoms with Crippen LogP contribution in [0.2, 0.25) is 0 Å². The SMILES string of the molecule is O=C1CCC(O)(C(=O)[O-])N1. The number of amides is 1. The second-order valence-corrected chi connectivity index (χ2v) is 2.20. The van der Waals surface area contributed by atoms with E-state index in [1.54, 1.807) is 0 Å². The second kappa shape index (κ2) is 1.95. The van der Waals surface area contributed by atoms with Crippen LogP contribution in [0.3, 0.4) is 0 Å². The average Bonchev–Trinajstić information content (AvgIpc) is 2.13. The molecule has 1 rings (SSSR count). The molecule has 0 radical (unpaired) electrons. The van der Waals surface area contributed by atoms with Gasteiger partial charge in [0.25, 0.3) is 0 Å². The largest absolute Gasteiger partial charge is 0.545 e. The van der Waals surface area contributed by atoms with E-state index < -0.39 is 17.6 Å². The predicted molar refractivity (Wildman–Crippen MR) is 27.3 cm³/mol. The first-order valence-corrected chi connectivity index (χ1v) is 2.79. The second-order valence-electron chi connectivity index (χ2n) is 2.20. The summed E-state index contributed by atoms with van der Waals surface area (Å²) in [6, 6.07) is 0. The molecule has 2 N–H and O–H groups in total. The number of hydrogen-bond donors (Lipinski definition) is 2. The van der Waals surface area contributed by atoms with Gasteiger partial charge >= 0.3 is 0 Å². The zero-order chi connectivity index (χ0) is 7.78. The van der Waals surface area contributed by atoms with E-state index in [2.05, 4.69) is 0 Å². The number of carboxylic acid groups (broad SMARTS) is 1. The predicted octanol–water partition coefficient (Wildman–Crippen LogP) is -2.67. The highest BCUT2D eigenvalue weighted by Gasteiger charge is 2.36. The van der Waals surface area contributed by atoms with Gasteiger partial charge in [0.05, 0.1) is 5.97 Å². The van der Waals surface area contributed by atoms with Crippen molar-refractivity contribution in [2.75, 3.05) is 0 Å². The van der Waals surface area contributed by atoms with Crippen LogP contribution in [0.5, 0.6) is 0 Å². The Balaban J connectivity index is 2.72. The molecule has 0 saturated carbocycles. The van der Waals surface area contributed by atoms with E-state index >= 15 is 0 Å². The van der Waals surface area contributed by atoms with E-state index in [9.17, 15) is 14.7 Å². The monoisotopic (exact) mass is 144 g/mol. The van der Waals surface area contributed by atoms with Crippen molar-refractivity contribution in [1.82, 2.24) is 5.32 Å². The third kappa shape index (κ3) is 0.950. The maximum Gasteiger partial charge on any atom is 0.222 e. The summed E-state index contributed by atoms with van der Waals surface area (Å²) in [6.07, 6.45) is -0.0847. The van der Waals surface area contributed by atoms with Crippen LogP contribution in [-0.4, -0.2) is 22.7 Å². The molecule has 10 heavy (non-hydrogen) atoms. The fourth-order valence-corrected chi connectivity index (χ4v) is 0.803. The fraction of sp³-hybridized carbons (Fsp3) is 0.600. The maximum absolute atomic E-state index is 10.4. The standard InChI is InChI=1S/C5H7NO4/c7-3-1-2-5(10,6-3)4(8)9/h10H,1-2H2,(H,6,7)(H,8,9)/p-1. The quantitative estimate of drug-likeness (QED) is 0.420. The van der Waals surface area contributed by atoms with Crippen molar-refractivity contribution in [3.05, 3.63) is 0 Å². The molecular formula is C5H6NO4-. The number of carboxylic acids is 1. The third-order valence-corrected chi connectivity index (χ3v) is 1.40. The van der Waals surface area contributed by atoms with Crippen molar-refractivity contribution >= 4 is 11.9 Å². The Morgan fingerprint density at radius 1 is 1.80 bits per heavy atom. The van der Waals surface area contributed by atoms with Gasteiger partial charge in [-0.15, -0.1) is 0 Å². The summed E-state index contributed by atoms with van der Waals surface area (Å²) in [5.74, 6) is -2.12. The smallest absolute Gasteiger partial charge is 0.222 e. The average molecular weight is 144 g/mol. The summed E-state index contributed by atoms with van der Waals surface area (Å²) >= 11 is 0. The van der Waals surface area contributed by atoms with Gasteiger partial charge in [-0.1, -0.05) is 0 Å². The number of aliphatic hydroxyl groups is 1. The fourth-order valence-electron chi connectivity index (χ4n) is 0.803. The topological polar surface area (TPSA) is 89.5 Å². The lowest BCUT2D eigenvalue weighted by atomic mass is 10.2. The number of nitrogens with one attached hydrogen (secondary N) is 1. The van der Waals surface area contributed by atoms with Gasteiger partial charge in [0.15, 0.2) is 5.72 Å². The number of carbonyl (C=O) groups is 2. The highest BCUT2D eigenvalue weighted by Crippen LogP contribution is 2.15. The molecule has 0 aromatic rings. The molecule has 0 aromatic heterocycles. The van der Waals surface area contributed by atoms with Crippen molar-refractivity contribution in [3.63, 3.8) is 0 Å². The molecule has 1 unspecified atom stereocenters. The zero-order valence-corrected chi connectivity index (χ0v) is 5.09. The summed E-state index contributed by atoms with van der Waals surface area (Å²) < 4.78 is 0. The highest BCUT2D eigenvalue weighted by atomic mass is 16.4. The zero-order valence-electron chi connectivity index (χ0n) is 5.09. The molecular weight excluding hydrogens is 138 g/mol. The molecule has 5 heteroatoms. The van der Waals surface area contributed by atoms with E-state index in [-0.39, 0.29) is 12.8 Å². The lowest BCUT2D eigenvalue weighted by Gasteiger charge is -2.22. The van der Waals surface area contributed by atoms with Gasteiger partial charge in [-0.05, 0) is 0 Å². The first kappa shape index (κ1) is 7.01. The van der Waals surface area contributed by atoms with Crippen LogP contribution in [0.1, 0.15) is 12.8 Å². The number of carbonyl (C=O) groups excluding carboxylic acids is 2. The number of hydrogen-bond acceptors (Lipinski definition) is 4. The van der Waals surface area contributed by atoms with Crippen LogP contribution in [0.4, 0.5) is 0 Å². The first-order valence-electron chi connectivity index (χ1n) is 2.79. The molecule has 1 fully saturated rings. The summed E-state index contributed by atoms with van der Waals surface area (Å²) in [5.41, 5.74) is -2.13. The van der Waals surface area contributed by atoms with Gasteiger partial charge in [0, 0.05) is 12.8 Å². The summed E-state index contributed by atoms with van der Waals surface area (Å²) in [5, 5.41) is 20.9. The summed E-state index contributed by atoms with van der Waals surface area (Å²) in [4.78, 5) is 20.5. The first-order chi connectivity index (χ1) is 4.54. The molecule has 1 atom stereocenters. The minimum atomic E-state index is -2.13. The van der Waals surface area contributed by atoms with Crippen LogP contribution in [0.25, 0.3) is 0 Å². The van der Waals surface area contributed by atoms with E-state index in [0.717, 1.165) is 0 Å². The Kier molecular flexibility index (Phi) is 1.37. The minimum Gasteiger partial charge on any atom is -0.545 e. The molecule has 1 saturated heterocycles. The molecule has 0 aliphatic carbocycles. The molecule has 1 heterocycles. The third-order valence-electron chi connectivity index (χ3n) is 1.40. The van der Waals surface area contributed by atoms with Crippen LogP contribution >= 0.6 is 0 Å². The molecule has 56 valence electrons. The van der Waals surface area contributed by atoms with E-state index in [0.29, 0.717) is 0 Å². The minimum absolute atomic E-state index is 0.0322. The lowest BCUT2D eigenvalue weighted by Crippen LogP contribution is -2.55. The van der Waals surface area contributed by atoms with Crippen LogP contribution in [0.15, 0.2) is 0 Å². The normalized spacial score (nSPS) is 31.9. The van der Waals surface area contributed by atoms with E-state index in [1.165, 1.54) is 0 Å². The van der Waals surface area contributed by atoms with Gasteiger partial charge < -0.3 is 20.3 Å². The van der Waals surface area contributed by atoms with Crippen LogP contribution in [-0.2, 0) is 9.59 Å². The van der Waals surface area contributed by atoms with E-state index in [4.69, 9.17) is 5.11 Å². The maximum atomic E-state index is 10.4. The molecule has 1 amide bonds. The molecule has 0 bridgehead atoms. The highest BCUT2D eigenvalue weighted by molar-refractivity contribution is 5.88. The van der Waals surface area contributed by atoms with Gasteiger partial charge in [-0.3, -0.25) is 4.79 Å². The van der Waals surface area contributed by atoms with Gasteiger partial charge in [-0.25, -0.2) is 0 Å². The molecule has 0 spiro atoms. The van der Waals surface area contributed by atoms with Crippen LogP contribution < -0.4 is 10.4 Å². The Morgan fingerprint density at radius 3 is 2.60 bits per heavy atom. The van der Waals surface area contributed by atoms with E-state index in [1.807, 2.05) is 5.32 Å². The molecule has 0 aromatic carbocycles. The molecule has 1 aliphatic heterocycles. The van der Waals surface area contributed by atoms with Crippen molar-refractivity contribution in [2.45, 2.75) is 18.6 Å². The number of aliphatic carboxylic acids is 1. The summed E-state index contributed by atoms with van der Waals surface area (Å²) in [7, 11) is 0. The van der Waals surface area contributed by atoms with Crippen LogP contribution in [0, 0.1) is 0 Å². The van der Waals surface area contributed by atoms with Crippen molar-refractivity contribution in [3.8, 4) is 0 Å². The Labute approximate surface area is 56.7 Å².